The highest BCUT2D eigenvalue weighted by Gasteiger charge is 2.37. The highest BCUT2D eigenvalue weighted by Crippen LogP contribution is 2.37. The minimum absolute atomic E-state index is 0.140. The first-order valence-corrected chi connectivity index (χ1v) is 14.5. The van der Waals surface area contributed by atoms with Gasteiger partial charge in [-0.3, -0.25) is 4.98 Å². The molecule has 1 saturated heterocycles. The Morgan fingerprint density at radius 3 is 2.49 bits per heavy atom. The zero-order chi connectivity index (χ0) is 25.2. The Morgan fingerprint density at radius 1 is 1.00 bits per heavy atom. The molecule has 1 aliphatic carbocycles. The summed E-state index contributed by atoms with van der Waals surface area (Å²) in [6.07, 6.45) is 9.73. The number of nitrogens with one attached hydrogen (secondary N) is 1. The summed E-state index contributed by atoms with van der Waals surface area (Å²) in [7, 11) is -3.19. The molecule has 1 atom stereocenters. The first-order chi connectivity index (χ1) is 18.1. The van der Waals surface area contributed by atoms with Gasteiger partial charge < -0.3 is 9.72 Å². The lowest BCUT2D eigenvalue weighted by atomic mass is 9.83. The van der Waals surface area contributed by atoms with Crippen molar-refractivity contribution in [2.24, 2.45) is 5.92 Å². The van der Waals surface area contributed by atoms with Crippen LogP contribution in [0, 0.1) is 5.92 Å². The first kappa shape index (κ1) is 24.1. The van der Waals surface area contributed by atoms with E-state index < -0.39 is 9.84 Å². The molecule has 6 rings (SSSR count). The number of ether oxygens (including phenoxy) is 1. The predicted octanol–water partition coefficient (Wildman–Crippen LogP) is 4.60. The van der Waals surface area contributed by atoms with E-state index in [-0.39, 0.29) is 11.2 Å². The molecule has 1 unspecified atom stereocenters. The molecule has 1 aliphatic heterocycles. The van der Waals surface area contributed by atoms with Gasteiger partial charge in [-0.25, -0.2) is 18.1 Å². The lowest BCUT2D eigenvalue weighted by Gasteiger charge is -2.27. The first-order valence-electron chi connectivity index (χ1n) is 12.9. The Balaban J connectivity index is 1.25. The second-order valence-electron chi connectivity index (χ2n) is 10.1. The van der Waals surface area contributed by atoms with Crippen LogP contribution in [0.1, 0.15) is 54.8 Å². The van der Waals surface area contributed by atoms with Crippen molar-refractivity contribution in [3.05, 3.63) is 84.2 Å². The van der Waals surface area contributed by atoms with E-state index >= 15 is 0 Å². The number of H-pyrrole nitrogens is 1. The molecule has 192 valence electrons. The maximum Gasteiger partial charge on any atom is 0.181 e. The van der Waals surface area contributed by atoms with Crippen molar-refractivity contribution < 1.29 is 13.2 Å². The summed E-state index contributed by atoms with van der Waals surface area (Å²) in [5, 5.41) is 3.96. The van der Waals surface area contributed by atoms with Gasteiger partial charge in [0.25, 0.3) is 0 Å². The third-order valence-corrected chi connectivity index (χ3v) is 9.76. The number of rotatable bonds is 9. The van der Waals surface area contributed by atoms with Crippen LogP contribution in [0.25, 0.3) is 11.4 Å². The van der Waals surface area contributed by atoms with E-state index in [1.54, 1.807) is 23.1 Å². The van der Waals surface area contributed by atoms with Crippen LogP contribution in [0.4, 0.5) is 0 Å². The fourth-order valence-corrected chi connectivity index (χ4v) is 6.82. The zero-order valence-corrected chi connectivity index (χ0v) is 21.5. The van der Waals surface area contributed by atoms with E-state index in [0.717, 1.165) is 73.5 Å². The fourth-order valence-electron chi connectivity index (χ4n) is 5.16. The lowest BCUT2D eigenvalue weighted by molar-refractivity contribution is 0.0626. The Kier molecular flexibility index (Phi) is 6.65. The molecule has 37 heavy (non-hydrogen) atoms. The van der Waals surface area contributed by atoms with E-state index in [1.165, 1.54) is 6.33 Å². The molecule has 8 nitrogen and oxygen atoms in total. The Bertz CT molecular complexity index is 1420. The van der Waals surface area contributed by atoms with Gasteiger partial charge in [0.1, 0.15) is 12.7 Å². The Labute approximate surface area is 217 Å². The third-order valence-electron chi connectivity index (χ3n) is 7.48. The van der Waals surface area contributed by atoms with Gasteiger partial charge in [-0.2, -0.15) is 5.10 Å². The van der Waals surface area contributed by atoms with Gasteiger partial charge in [-0.15, -0.1) is 0 Å². The molecule has 3 aromatic heterocycles. The highest BCUT2D eigenvalue weighted by molar-refractivity contribution is 7.92. The molecule has 1 saturated carbocycles. The van der Waals surface area contributed by atoms with Crippen molar-refractivity contribution in [1.29, 1.82) is 0 Å². The summed E-state index contributed by atoms with van der Waals surface area (Å²) in [5.41, 5.74) is 5.15. The molecular formula is C28H31N5O3S. The molecule has 0 amide bonds. The molecular weight excluding hydrogens is 486 g/mol. The quantitative estimate of drug-likeness (QED) is 0.348. The second-order valence-corrected chi connectivity index (χ2v) is 12.4. The van der Waals surface area contributed by atoms with E-state index in [9.17, 15) is 8.42 Å². The third kappa shape index (κ3) is 5.38. The Hall–Kier alpha value is -3.30. The summed E-state index contributed by atoms with van der Waals surface area (Å²) in [4.78, 5) is 12.7. The number of pyridine rings is 1. The number of nitrogens with zero attached hydrogens (tertiary/aromatic N) is 4. The summed E-state index contributed by atoms with van der Waals surface area (Å²) >= 11 is 0. The monoisotopic (exact) mass is 517 g/mol. The molecule has 4 aromatic rings. The molecule has 9 heteroatoms. The molecule has 0 bridgehead atoms. The smallest absolute Gasteiger partial charge is 0.181 e. The Morgan fingerprint density at radius 2 is 1.81 bits per heavy atom. The van der Waals surface area contributed by atoms with Crippen LogP contribution < -0.4 is 0 Å². The van der Waals surface area contributed by atoms with Gasteiger partial charge in [0.2, 0.25) is 0 Å². The number of sulfone groups is 1. The summed E-state index contributed by atoms with van der Waals surface area (Å²) in [6.45, 7) is 2.23. The van der Waals surface area contributed by atoms with Crippen molar-refractivity contribution in [3.8, 4) is 11.4 Å². The molecule has 1 N–H and O–H groups in total. The predicted molar refractivity (Wildman–Crippen MR) is 140 cm³/mol. The SMILES string of the molecule is O=S(=O)(c1ccc(C(CC2CCOCC2)c2ccc(-c3ccc(Cn4cncn4)cn3)[nH]2)cc1)C1CC1. The maximum atomic E-state index is 12.7. The van der Waals surface area contributed by atoms with Gasteiger partial charge in [-0.05, 0) is 79.5 Å². The summed E-state index contributed by atoms with van der Waals surface area (Å²) < 4.78 is 32.8. The number of aromatic amines is 1. The molecule has 0 spiro atoms. The molecule has 2 fully saturated rings. The van der Waals surface area contributed by atoms with Gasteiger partial charge in [0, 0.05) is 31.0 Å². The number of hydrogen-bond donors (Lipinski definition) is 1. The van der Waals surface area contributed by atoms with Gasteiger partial charge in [-0.1, -0.05) is 18.2 Å². The van der Waals surface area contributed by atoms with Gasteiger partial charge in [0.15, 0.2) is 9.84 Å². The standard InChI is InChI=1S/C28H31N5O3S/c34-37(35,24-6-7-24)23-4-2-22(3-5-23)25(15-20-11-13-36-14-12-20)26-9-10-28(32-26)27-8-1-21(16-30-27)17-33-19-29-18-31-33/h1-5,8-10,16,18-20,24-25,32H,6-7,11-15,17H2. The number of benzene rings is 1. The van der Waals surface area contributed by atoms with E-state index in [0.29, 0.717) is 17.4 Å². The van der Waals surface area contributed by atoms with Crippen molar-refractivity contribution in [2.45, 2.75) is 54.7 Å². The summed E-state index contributed by atoms with van der Waals surface area (Å²) in [5.74, 6) is 0.704. The minimum Gasteiger partial charge on any atom is -0.381 e. The van der Waals surface area contributed by atoms with Crippen LogP contribution >= 0.6 is 0 Å². The fraction of sp³-hybridized carbons (Fsp3) is 0.393. The second kappa shape index (κ2) is 10.2. The van der Waals surface area contributed by atoms with Crippen molar-refractivity contribution in [3.63, 3.8) is 0 Å². The van der Waals surface area contributed by atoms with Crippen LogP contribution in [0.5, 0.6) is 0 Å². The average molecular weight is 518 g/mol. The number of aromatic nitrogens is 5. The van der Waals surface area contributed by atoms with Crippen LogP contribution in [-0.4, -0.2) is 51.6 Å². The van der Waals surface area contributed by atoms with Crippen molar-refractivity contribution >= 4 is 9.84 Å². The zero-order valence-electron chi connectivity index (χ0n) is 20.7. The van der Waals surface area contributed by atoms with Crippen molar-refractivity contribution in [1.82, 2.24) is 24.7 Å². The minimum atomic E-state index is -3.19. The normalized spacial score (nSPS) is 17.6. The van der Waals surface area contributed by atoms with E-state index in [4.69, 9.17) is 4.74 Å². The summed E-state index contributed by atoms with van der Waals surface area (Å²) in [6, 6.07) is 15.9. The molecule has 1 aromatic carbocycles. The molecule has 2 aliphatic rings. The topological polar surface area (TPSA) is 103 Å². The highest BCUT2D eigenvalue weighted by atomic mass is 32.2. The van der Waals surface area contributed by atoms with Gasteiger partial charge >= 0.3 is 0 Å². The van der Waals surface area contributed by atoms with E-state index in [2.05, 4.69) is 38.2 Å². The average Bonchev–Trinajstić information content (AvgIpc) is 3.48. The van der Waals surface area contributed by atoms with Crippen LogP contribution in [0.15, 0.2) is 72.3 Å². The largest absolute Gasteiger partial charge is 0.381 e. The number of hydrogen-bond acceptors (Lipinski definition) is 6. The van der Waals surface area contributed by atoms with Crippen LogP contribution in [0.3, 0.4) is 0 Å². The van der Waals surface area contributed by atoms with Gasteiger partial charge in [0.05, 0.1) is 28.1 Å². The van der Waals surface area contributed by atoms with Crippen molar-refractivity contribution in [2.75, 3.05) is 13.2 Å². The van der Waals surface area contributed by atoms with E-state index in [1.807, 2.05) is 24.4 Å². The maximum absolute atomic E-state index is 12.7. The van der Waals surface area contributed by atoms with Crippen LogP contribution in [0.2, 0.25) is 0 Å². The molecule has 0 radical (unpaired) electrons. The lowest BCUT2D eigenvalue weighted by Crippen LogP contribution is -2.19. The molecule has 4 heterocycles. The van der Waals surface area contributed by atoms with Crippen LogP contribution in [-0.2, 0) is 21.1 Å².